The highest BCUT2D eigenvalue weighted by atomic mass is 16.2. The Hall–Kier alpha value is -0.730. The minimum atomic E-state index is 0.160. The summed E-state index contributed by atoms with van der Waals surface area (Å²) in [7, 11) is 1.86. The van der Waals surface area contributed by atoms with Crippen molar-refractivity contribution >= 4 is 6.03 Å². The van der Waals surface area contributed by atoms with Gasteiger partial charge < -0.3 is 9.80 Å². The van der Waals surface area contributed by atoms with E-state index in [9.17, 15) is 4.79 Å². The molecule has 1 atom stereocenters. The normalized spacial score (nSPS) is 25.5. The number of nitrogens with zero attached hydrogens (tertiary/aromatic N) is 2. The molecule has 0 N–H and O–H groups in total. The summed E-state index contributed by atoms with van der Waals surface area (Å²) < 4.78 is 0. The van der Waals surface area contributed by atoms with Crippen LogP contribution in [0.4, 0.5) is 4.79 Å². The fourth-order valence-corrected chi connectivity index (χ4v) is 1.31. The summed E-state index contributed by atoms with van der Waals surface area (Å²) in [6.07, 6.45) is 0. The van der Waals surface area contributed by atoms with Gasteiger partial charge in [-0.3, -0.25) is 0 Å². The second kappa shape index (κ2) is 2.72. The molecule has 0 aromatic carbocycles. The fraction of sp³-hybridized carbons (Fsp3) is 0.875. The first-order chi connectivity index (χ1) is 5.04. The molecule has 1 rings (SSSR count). The van der Waals surface area contributed by atoms with E-state index >= 15 is 0 Å². The highest BCUT2D eigenvalue weighted by molar-refractivity contribution is 5.77. The van der Waals surface area contributed by atoms with E-state index in [2.05, 4.69) is 6.92 Å². The minimum absolute atomic E-state index is 0.160. The van der Waals surface area contributed by atoms with Crippen molar-refractivity contribution in [1.82, 2.24) is 9.80 Å². The number of amides is 2. The second-order valence-electron chi connectivity index (χ2n) is 3.49. The third-order valence-corrected chi connectivity index (χ3v) is 2.29. The van der Waals surface area contributed by atoms with Crippen LogP contribution >= 0.6 is 0 Å². The zero-order chi connectivity index (χ0) is 8.59. The number of likely N-dealkylation sites (N-methyl/N-ethyl adjacent to an activating group) is 1. The zero-order valence-corrected chi connectivity index (χ0v) is 7.66. The van der Waals surface area contributed by atoms with Crippen molar-refractivity contribution in [3.63, 3.8) is 0 Å². The Labute approximate surface area is 68.0 Å². The number of hydrogen-bond acceptors (Lipinski definition) is 1. The average Bonchev–Trinajstić information content (AvgIpc) is 2.17. The fourth-order valence-electron chi connectivity index (χ4n) is 1.31. The molecule has 64 valence electrons. The summed E-state index contributed by atoms with van der Waals surface area (Å²) in [5, 5.41) is 0. The van der Waals surface area contributed by atoms with E-state index in [1.807, 2.05) is 25.8 Å². The average molecular weight is 156 g/mol. The number of hydrogen-bond donors (Lipinski definition) is 0. The Kier molecular flexibility index (Phi) is 2.07. The molecule has 1 fully saturated rings. The van der Waals surface area contributed by atoms with Gasteiger partial charge in [-0.25, -0.2) is 4.79 Å². The predicted molar refractivity (Wildman–Crippen MR) is 44.5 cm³/mol. The van der Waals surface area contributed by atoms with Gasteiger partial charge in [-0.1, -0.05) is 0 Å². The summed E-state index contributed by atoms with van der Waals surface area (Å²) in [5.74, 6) is 0. The zero-order valence-electron chi connectivity index (χ0n) is 7.66. The second-order valence-corrected chi connectivity index (χ2v) is 3.49. The van der Waals surface area contributed by atoms with Crippen LogP contribution in [-0.2, 0) is 0 Å². The quantitative estimate of drug-likeness (QED) is 0.558. The van der Waals surface area contributed by atoms with Crippen LogP contribution in [0.3, 0.4) is 0 Å². The van der Waals surface area contributed by atoms with Crippen molar-refractivity contribution in [1.29, 1.82) is 0 Å². The lowest BCUT2D eigenvalue weighted by atomic mass is 10.3. The van der Waals surface area contributed by atoms with E-state index in [1.165, 1.54) is 0 Å². The first-order valence-corrected chi connectivity index (χ1v) is 4.07. The lowest BCUT2D eigenvalue weighted by Crippen LogP contribution is -2.34. The molecule has 0 spiro atoms. The van der Waals surface area contributed by atoms with Crippen LogP contribution in [-0.4, -0.2) is 41.5 Å². The van der Waals surface area contributed by atoms with Gasteiger partial charge in [0.25, 0.3) is 0 Å². The van der Waals surface area contributed by atoms with Crippen LogP contribution in [0.1, 0.15) is 20.8 Å². The van der Waals surface area contributed by atoms with E-state index < -0.39 is 0 Å². The molecule has 1 aliphatic rings. The highest BCUT2D eigenvalue weighted by Crippen LogP contribution is 2.15. The highest BCUT2D eigenvalue weighted by Gasteiger charge is 2.32. The van der Waals surface area contributed by atoms with E-state index in [1.54, 1.807) is 4.90 Å². The van der Waals surface area contributed by atoms with Crippen LogP contribution in [0.25, 0.3) is 0 Å². The molecule has 0 unspecified atom stereocenters. The molecule has 11 heavy (non-hydrogen) atoms. The molecule has 0 aromatic rings. The van der Waals surface area contributed by atoms with E-state index in [4.69, 9.17) is 0 Å². The molecule has 0 aliphatic carbocycles. The van der Waals surface area contributed by atoms with Crippen molar-refractivity contribution in [3.8, 4) is 0 Å². The summed E-state index contributed by atoms with van der Waals surface area (Å²) in [4.78, 5) is 15.1. The Morgan fingerprint density at radius 3 is 2.27 bits per heavy atom. The molecule has 3 heteroatoms. The molecular formula is C8H16N2O. The molecule has 0 bridgehead atoms. The molecule has 1 saturated heterocycles. The number of urea groups is 1. The summed E-state index contributed by atoms with van der Waals surface area (Å²) >= 11 is 0. The summed E-state index contributed by atoms with van der Waals surface area (Å²) in [6, 6.07) is 0.854. The third kappa shape index (κ3) is 1.32. The first kappa shape index (κ1) is 8.37. The molecule has 2 amide bonds. The van der Waals surface area contributed by atoms with Crippen molar-refractivity contribution in [2.45, 2.75) is 32.9 Å². The lowest BCUT2D eigenvalue weighted by Gasteiger charge is -2.19. The van der Waals surface area contributed by atoms with Gasteiger partial charge in [0, 0.05) is 25.7 Å². The van der Waals surface area contributed by atoms with Crippen LogP contribution < -0.4 is 0 Å². The maximum atomic E-state index is 11.4. The van der Waals surface area contributed by atoms with Gasteiger partial charge in [-0.15, -0.1) is 0 Å². The molecule has 1 aliphatic heterocycles. The Morgan fingerprint density at radius 1 is 1.55 bits per heavy atom. The minimum Gasteiger partial charge on any atom is -0.323 e. The molecule has 0 radical (unpaired) electrons. The van der Waals surface area contributed by atoms with Crippen LogP contribution in [0.5, 0.6) is 0 Å². The van der Waals surface area contributed by atoms with Gasteiger partial charge in [-0.2, -0.15) is 0 Å². The predicted octanol–water partition coefficient (Wildman–Crippen LogP) is 1.15. The maximum Gasteiger partial charge on any atom is 0.320 e. The number of rotatable bonds is 1. The van der Waals surface area contributed by atoms with E-state index in [0.717, 1.165) is 6.54 Å². The van der Waals surface area contributed by atoms with Gasteiger partial charge >= 0.3 is 6.03 Å². The topological polar surface area (TPSA) is 23.6 Å². The molecule has 0 saturated carbocycles. The largest absolute Gasteiger partial charge is 0.323 e. The van der Waals surface area contributed by atoms with Crippen LogP contribution in [0, 0.1) is 0 Å². The van der Waals surface area contributed by atoms with Crippen LogP contribution in [0.2, 0.25) is 0 Å². The molecular weight excluding hydrogens is 140 g/mol. The molecule has 3 nitrogen and oxygen atoms in total. The van der Waals surface area contributed by atoms with Crippen molar-refractivity contribution in [2.24, 2.45) is 0 Å². The monoisotopic (exact) mass is 156 g/mol. The number of carbonyl (C=O) groups excluding carboxylic acids is 1. The SMILES string of the molecule is CC(C)N1C[C@H](C)N(C)C1=O. The van der Waals surface area contributed by atoms with Crippen LogP contribution in [0.15, 0.2) is 0 Å². The van der Waals surface area contributed by atoms with Gasteiger partial charge in [0.05, 0.1) is 0 Å². The van der Waals surface area contributed by atoms with E-state index in [0.29, 0.717) is 12.1 Å². The Balaban J connectivity index is 2.67. The standard InChI is InChI=1S/C8H16N2O/c1-6(2)10-5-7(3)9(4)8(10)11/h6-7H,5H2,1-4H3/t7-/m0/s1. The Bertz CT molecular complexity index is 167. The number of carbonyl (C=O) groups is 1. The molecule has 1 heterocycles. The Morgan fingerprint density at radius 2 is 2.09 bits per heavy atom. The van der Waals surface area contributed by atoms with E-state index in [-0.39, 0.29) is 6.03 Å². The first-order valence-electron chi connectivity index (χ1n) is 4.07. The van der Waals surface area contributed by atoms with Gasteiger partial charge in [-0.05, 0) is 20.8 Å². The lowest BCUT2D eigenvalue weighted by molar-refractivity contribution is 0.187. The van der Waals surface area contributed by atoms with Crippen molar-refractivity contribution < 1.29 is 4.79 Å². The smallest absolute Gasteiger partial charge is 0.320 e. The summed E-state index contributed by atoms with van der Waals surface area (Å²) in [6.45, 7) is 7.03. The van der Waals surface area contributed by atoms with Crippen molar-refractivity contribution in [3.05, 3.63) is 0 Å². The molecule has 0 aromatic heterocycles. The summed E-state index contributed by atoms with van der Waals surface area (Å²) in [5.41, 5.74) is 0. The van der Waals surface area contributed by atoms with Crippen molar-refractivity contribution in [2.75, 3.05) is 13.6 Å². The van der Waals surface area contributed by atoms with Gasteiger partial charge in [0.1, 0.15) is 0 Å². The van der Waals surface area contributed by atoms with Gasteiger partial charge in [0.2, 0.25) is 0 Å². The maximum absolute atomic E-state index is 11.4. The third-order valence-electron chi connectivity index (χ3n) is 2.29. The van der Waals surface area contributed by atoms with Gasteiger partial charge in [0.15, 0.2) is 0 Å².